The van der Waals surface area contributed by atoms with Crippen LogP contribution in [0.2, 0.25) is 0 Å². The van der Waals surface area contributed by atoms with Gasteiger partial charge in [-0.3, -0.25) is 19.8 Å². The minimum absolute atomic E-state index is 0. The maximum atomic E-state index is 12.9. The van der Waals surface area contributed by atoms with Gasteiger partial charge in [-0.15, -0.1) is 34.9 Å². The van der Waals surface area contributed by atoms with Gasteiger partial charge in [0, 0.05) is 28.3 Å². The van der Waals surface area contributed by atoms with E-state index in [9.17, 15) is 19.5 Å². The van der Waals surface area contributed by atoms with E-state index in [1.807, 2.05) is 18.4 Å². The Morgan fingerprint density at radius 3 is 2.84 bits per heavy atom. The molecule has 3 atom stereocenters. The zero-order chi connectivity index (χ0) is 22.1. The van der Waals surface area contributed by atoms with Gasteiger partial charge in [0.05, 0.1) is 22.6 Å². The van der Waals surface area contributed by atoms with Crippen molar-refractivity contribution >= 4 is 74.3 Å². The van der Waals surface area contributed by atoms with Gasteiger partial charge in [0.2, 0.25) is 11.0 Å². The van der Waals surface area contributed by atoms with Crippen LogP contribution >= 0.6 is 46.6 Å². The molecule has 13 heteroatoms. The molecule has 3 aliphatic heterocycles. The predicted molar refractivity (Wildman–Crippen MR) is 125 cm³/mol. The molecule has 2 saturated heterocycles. The van der Waals surface area contributed by atoms with E-state index >= 15 is 0 Å². The molecule has 8 nitrogen and oxygen atoms in total. The Labute approximate surface area is 224 Å². The number of rotatable bonds is 8. The summed E-state index contributed by atoms with van der Waals surface area (Å²) in [5.74, 6) is -0.486. The van der Waals surface area contributed by atoms with Crippen LogP contribution in [0.1, 0.15) is 25.5 Å². The number of carbonyl (C=O) groups excluding carboxylic acids is 3. The third-order valence-corrected chi connectivity index (χ3v) is 9.76. The number of aliphatic carboxylic acids is 1. The van der Waals surface area contributed by atoms with E-state index in [4.69, 9.17) is 5.73 Å². The fourth-order valence-corrected chi connectivity index (χ4v) is 8.26. The number of amides is 1. The Hall–Kier alpha value is -0.470. The molecule has 4 heterocycles. The van der Waals surface area contributed by atoms with Gasteiger partial charge in [0.25, 0.3) is 0 Å². The van der Waals surface area contributed by atoms with Crippen LogP contribution in [0.4, 0.5) is 5.13 Å². The summed E-state index contributed by atoms with van der Waals surface area (Å²) in [5.41, 5.74) is 7.39. The molecule has 166 valence electrons. The number of thioether (sulfide) groups is 3. The summed E-state index contributed by atoms with van der Waals surface area (Å²) in [6.45, 7) is 2.45. The van der Waals surface area contributed by atoms with Gasteiger partial charge < -0.3 is 15.6 Å². The summed E-state index contributed by atoms with van der Waals surface area (Å²) < 4.78 is 0. The predicted octanol–water partition coefficient (Wildman–Crippen LogP) is -1.88. The number of carboxylic acid groups (broad SMARTS) is 1. The molecule has 3 aliphatic rings. The first-order valence-electron chi connectivity index (χ1n) is 9.77. The summed E-state index contributed by atoms with van der Waals surface area (Å²) in [6, 6.07) is -0.495. The Kier molecular flexibility index (Phi) is 9.23. The average Bonchev–Trinajstić information content (AvgIpc) is 3.35. The molecule has 1 aromatic heterocycles. The molecular weight excluding hydrogens is 499 g/mol. The SMILES string of the molecule is CC/C=C(/CN[C@@H]1C(=O)N2C(C(=O)[O-])=C(SC3CCSC3=O)CS[C@H]12)c1csc(N)n1.[Na+]. The van der Waals surface area contributed by atoms with Crippen LogP contribution in [-0.4, -0.2) is 61.6 Å². The van der Waals surface area contributed by atoms with Crippen molar-refractivity contribution in [3.8, 4) is 0 Å². The molecule has 1 amide bonds. The molecule has 0 aromatic carbocycles. The van der Waals surface area contributed by atoms with Crippen molar-refractivity contribution in [1.29, 1.82) is 0 Å². The molecule has 0 saturated carbocycles. The van der Waals surface area contributed by atoms with E-state index in [0.717, 1.165) is 23.4 Å². The van der Waals surface area contributed by atoms with E-state index in [1.165, 1.54) is 51.5 Å². The number of hydrogen-bond acceptors (Lipinski definition) is 11. The van der Waals surface area contributed by atoms with Gasteiger partial charge in [0.1, 0.15) is 11.4 Å². The molecule has 0 radical (unpaired) electrons. The van der Waals surface area contributed by atoms with Crippen LogP contribution in [-0.2, 0) is 14.4 Å². The molecule has 3 N–H and O–H groups in total. The molecule has 1 aromatic rings. The third kappa shape index (κ3) is 5.27. The zero-order valence-corrected chi connectivity index (χ0v) is 22.9. The second-order valence-corrected chi connectivity index (χ2v) is 11.5. The number of nitrogens with two attached hydrogens (primary N) is 1. The first kappa shape index (κ1) is 26.1. The number of nitrogens with one attached hydrogen (secondary N) is 1. The maximum absolute atomic E-state index is 12.9. The molecular formula is C19H21N4NaO4S4. The van der Waals surface area contributed by atoms with Crippen molar-refractivity contribution in [3.05, 3.63) is 27.8 Å². The minimum Gasteiger partial charge on any atom is -0.543 e. The number of carbonyl (C=O) groups is 3. The van der Waals surface area contributed by atoms with Crippen LogP contribution < -0.4 is 45.7 Å². The van der Waals surface area contributed by atoms with E-state index in [0.29, 0.717) is 28.8 Å². The van der Waals surface area contributed by atoms with E-state index in [-0.39, 0.29) is 56.9 Å². The van der Waals surface area contributed by atoms with Crippen LogP contribution in [0.25, 0.3) is 5.57 Å². The van der Waals surface area contributed by atoms with Gasteiger partial charge in [-0.05, 0) is 18.4 Å². The number of nitrogen functional groups attached to an aromatic ring is 1. The van der Waals surface area contributed by atoms with Gasteiger partial charge in [0.15, 0.2) is 5.13 Å². The maximum Gasteiger partial charge on any atom is 1.00 e. The topological polar surface area (TPSA) is 128 Å². The number of allylic oxidation sites excluding steroid dienone is 1. The van der Waals surface area contributed by atoms with Crippen LogP contribution in [0.15, 0.2) is 22.1 Å². The molecule has 0 spiro atoms. The van der Waals surface area contributed by atoms with Crippen LogP contribution in [0, 0.1) is 0 Å². The number of thiazole rings is 1. The second-order valence-electron chi connectivity index (χ2n) is 7.10. The molecule has 32 heavy (non-hydrogen) atoms. The number of β-lactam (4-membered cyclic amide) rings is 1. The summed E-state index contributed by atoms with van der Waals surface area (Å²) >= 11 is 5.40. The van der Waals surface area contributed by atoms with Crippen molar-refractivity contribution in [2.24, 2.45) is 0 Å². The molecule has 2 fully saturated rings. The zero-order valence-electron chi connectivity index (χ0n) is 17.7. The number of aromatic nitrogens is 1. The van der Waals surface area contributed by atoms with Crippen LogP contribution in [0.3, 0.4) is 0 Å². The number of hydrogen-bond donors (Lipinski definition) is 2. The number of carboxylic acids is 1. The van der Waals surface area contributed by atoms with Crippen molar-refractivity contribution in [2.45, 2.75) is 36.4 Å². The van der Waals surface area contributed by atoms with Crippen molar-refractivity contribution in [1.82, 2.24) is 15.2 Å². The Morgan fingerprint density at radius 1 is 1.47 bits per heavy atom. The van der Waals surface area contributed by atoms with Gasteiger partial charge in [-0.2, -0.15) is 0 Å². The minimum atomic E-state index is -1.37. The summed E-state index contributed by atoms with van der Waals surface area (Å²) in [7, 11) is 0. The summed E-state index contributed by atoms with van der Waals surface area (Å²) in [5, 5.41) is 17.0. The van der Waals surface area contributed by atoms with Crippen molar-refractivity contribution in [2.75, 3.05) is 23.8 Å². The summed E-state index contributed by atoms with van der Waals surface area (Å²) in [6.07, 6.45) is 3.56. The number of nitrogens with zero attached hydrogens (tertiary/aromatic N) is 2. The van der Waals surface area contributed by atoms with E-state index in [1.54, 1.807) is 0 Å². The fourth-order valence-electron chi connectivity index (χ4n) is 3.65. The van der Waals surface area contributed by atoms with Crippen LogP contribution in [0.5, 0.6) is 0 Å². The quantitative estimate of drug-likeness (QED) is 0.297. The molecule has 0 aliphatic carbocycles. The Morgan fingerprint density at radius 2 is 2.25 bits per heavy atom. The van der Waals surface area contributed by atoms with Crippen molar-refractivity contribution in [3.63, 3.8) is 0 Å². The van der Waals surface area contributed by atoms with E-state index < -0.39 is 12.0 Å². The molecule has 0 bridgehead atoms. The number of anilines is 1. The average molecular weight is 521 g/mol. The summed E-state index contributed by atoms with van der Waals surface area (Å²) in [4.78, 5) is 42.9. The van der Waals surface area contributed by atoms with Gasteiger partial charge >= 0.3 is 29.6 Å². The number of fused-ring (bicyclic) bond motifs is 1. The van der Waals surface area contributed by atoms with Crippen molar-refractivity contribution < 1.29 is 49.0 Å². The first-order valence-corrected chi connectivity index (χ1v) is 13.6. The Bertz CT molecular complexity index is 982. The Balaban J connectivity index is 0.00000289. The van der Waals surface area contributed by atoms with Gasteiger partial charge in [-0.1, -0.05) is 24.8 Å². The fraction of sp³-hybridized carbons (Fsp3) is 0.474. The molecule has 4 rings (SSSR count). The smallest absolute Gasteiger partial charge is 0.543 e. The first-order chi connectivity index (χ1) is 14.9. The normalized spacial score (nSPS) is 25.5. The molecule has 1 unspecified atom stereocenters. The third-order valence-electron chi connectivity index (χ3n) is 5.11. The van der Waals surface area contributed by atoms with Gasteiger partial charge in [-0.25, -0.2) is 4.98 Å². The largest absolute Gasteiger partial charge is 1.00 e. The second kappa shape index (κ2) is 11.3. The monoisotopic (exact) mass is 520 g/mol. The standard InChI is InChI=1S/C19H22N4O4S4.Na/c1-2-3-9(10-7-30-19(20)22-10)6-21-13-15(24)23-14(17(25)26)12(8-29-16(13)23)31-11-4-5-28-18(11)27;/h3,7,11,13,16,21H,2,4-6,8H2,1H3,(H2,20,22)(H,25,26);/q;+1/p-1/b9-3-;/t11?,13-,16-;/m1./s1. The van der Waals surface area contributed by atoms with E-state index in [2.05, 4.69) is 10.3 Å².